The molecule has 0 aliphatic carbocycles. The molecule has 1 atom stereocenters. The Morgan fingerprint density at radius 2 is 1.79 bits per heavy atom. The van der Waals surface area contributed by atoms with E-state index in [1.54, 1.807) is 7.05 Å². The van der Waals surface area contributed by atoms with E-state index in [2.05, 4.69) is 67.6 Å². The highest BCUT2D eigenvalue weighted by molar-refractivity contribution is 14.0. The van der Waals surface area contributed by atoms with E-state index in [-0.39, 0.29) is 29.5 Å². The topological polar surface area (TPSA) is 36.4 Å². The Hall–Kier alpha value is -0.780. The Bertz CT molecular complexity index is 382. The monoisotopic (exact) mass is 375 g/mol. The van der Waals surface area contributed by atoms with Crippen molar-refractivity contribution in [2.24, 2.45) is 4.99 Å². The van der Waals surface area contributed by atoms with Crippen LogP contribution in [0, 0.1) is 0 Å². The lowest BCUT2D eigenvalue weighted by Crippen LogP contribution is -2.48. The van der Waals surface area contributed by atoms with Gasteiger partial charge in [-0.3, -0.25) is 4.99 Å². The predicted molar refractivity (Wildman–Crippen MR) is 94.5 cm³/mol. The minimum atomic E-state index is 0. The van der Waals surface area contributed by atoms with Gasteiger partial charge >= 0.3 is 0 Å². The molecular formula is C15H26IN3. The van der Waals surface area contributed by atoms with Crippen LogP contribution in [0.5, 0.6) is 0 Å². The normalized spacial score (nSPS) is 13.4. The zero-order valence-corrected chi connectivity index (χ0v) is 14.9. The van der Waals surface area contributed by atoms with Crippen LogP contribution < -0.4 is 10.6 Å². The number of aliphatic imine (C=N–C) groups is 1. The standard InChI is InChI=1S/C15H25N3.HI/c1-12(13-9-7-6-8-10-13)11-17-14(16-5)18-15(2,3)4;/h6-10,12H,11H2,1-5H3,(H2,16,17,18);1H. The predicted octanol–water partition coefficient (Wildman–Crippen LogP) is 3.37. The second-order valence-corrected chi connectivity index (χ2v) is 5.64. The molecule has 0 fully saturated rings. The van der Waals surface area contributed by atoms with Crippen molar-refractivity contribution in [2.75, 3.05) is 13.6 Å². The third-order valence-electron chi connectivity index (χ3n) is 2.66. The Morgan fingerprint density at radius 3 is 2.26 bits per heavy atom. The van der Waals surface area contributed by atoms with Gasteiger partial charge in [0.25, 0.3) is 0 Å². The first-order chi connectivity index (χ1) is 8.42. The maximum Gasteiger partial charge on any atom is 0.191 e. The van der Waals surface area contributed by atoms with Crippen LogP contribution >= 0.6 is 24.0 Å². The van der Waals surface area contributed by atoms with Crippen LogP contribution in [0.25, 0.3) is 0 Å². The molecule has 0 radical (unpaired) electrons. The molecular weight excluding hydrogens is 349 g/mol. The molecule has 1 unspecified atom stereocenters. The molecule has 0 aliphatic rings. The molecule has 1 aromatic rings. The summed E-state index contributed by atoms with van der Waals surface area (Å²) in [7, 11) is 1.80. The van der Waals surface area contributed by atoms with Gasteiger partial charge in [-0.25, -0.2) is 0 Å². The van der Waals surface area contributed by atoms with Crippen molar-refractivity contribution >= 4 is 29.9 Å². The van der Waals surface area contributed by atoms with Gasteiger partial charge in [-0.15, -0.1) is 24.0 Å². The molecule has 1 rings (SSSR count). The maximum atomic E-state index is 4.23. The third-order valence-corrected chi connectivity index (χ3v) is 2.66. The molecule has 0 amide bonds. The van der Waals surface area contributed by atoms with Gasteiger partial charge in [0.1, 0.15) is 0 Å². The average molecular weight is 375 g/mol. The summed E-state index contributed by atoms with van der Waals surface area (Å²) < 4.78 is 0. The largest absolute Gasteiger partial charge is 0.356 e. The van der Waals surface area contributed by atoms with E-state index in [0.29, 0.717) is 5.92 Å². The summed E-state index contributed by atoms with van der Waals surface area (Å²) in [6, 6.07) is 10.5. The first-order valence-electron chi connectivity index (χ1n) is 6.46. The van der Waals surface area contributed by atoms with Gasteiger partial charge in [-0.2, -0.15) is 0 Å². The fraction of sp³-hybridized carbons (Fsp3) is 0.533. The first-order valence-corrected chi connectivity index (χ1v) is 6.46. The molecule has 1 aromatic carbocycles. The average Bonchev–Trinajstić information content (AvgIpc) is 2.33. The maximum absolute atomic E-state index is 4.23. The van der Waals surface area contributed by atoms with Crippen LogP contribution in [0.3, 0.4) is 0 Å². The summed E-state index contributed by atoms with van der Waals surface area (Å²) in [6.45, 7) is 9.47. The van der Waals surface area contributed by atoms with Crippen molar-refractivity contribution in [1.82, 2.24) is 10.6 Å². The number of nitrogens with zero attached hydrogens (tertiary/aromatic N) is 1. The molecule has 3 nitrogen and oxygen atoms in total. The van der Waals surface area contributed by atoms with Crippen molar-refractivity contribution in [3.63, 3.8) is 0 Å². The summed E-state index contributed by atoms with van der Waals surface area (Å²) in [5.74, 6) is 1.31. The summed E-state index contributed by atoms with van der Waals surface area (Å²) in [6.07, 6.45) is 0. The van der Waals surface area contributed by atoms with Crippen LogP contribution in [0.1, 0.15) is 39.2 Å². The van der Waals surface area contributed by atoms with Crippen molar-refractivity contribution in [3.05, 3.63) is 35.9 Å². The molecule has 0 heterocycles. The minimum absolute atomic E-state index is 0. The van der Waals surface area contributed by atoms with E-state index < -0.39 is 0 Å². The van der Waals surface area contributed by atoms with Crippen LogP contribution in [0.4, 0.5) is 0 Å². The molecule has 0 bridgehead atoms. The van der Waals surface area contributed by atoms with Crippen molar-refractivity contribution in [1.29, 1.82) is 0 Å². The van der Waals surface area contributed by atoms with E-state index in [1.807, 2.05) is 6.07 Å². The molecule has 2 N–H and O–H groups in total. The summed E-state index contributed by atoms with van der Waals surface area (Å²) in [5, 5.41) is 6.71. The molecule has 0 saturated heterocycles. The number of rotatable bonds is 3. The fourth-order valence-electron chi connectivity index (χ4n) is 1.68. The Balaban J connectivity index is 0.00000324. The molecule has 19 heavy (non-hydrogen) atoms. The Labute approximate surface area is 134 Å². The van der Waals surface area contributed by atoms with Gasteiger partial charge in [-0.1, -0.05) is 37.3 Å². The van der Waals surface area contributed by atoms with Gasteiger partial charge in [0.15, 0.2) is 5.96 Å². The van der Waals surface area contributed by atoms with E-state index in [9.17, 15) is 0 Å². The van der Waals surface area contributed by atoms with Crippen LogP contribution in [-0.4, -0.2) is 25.1 Å². The quantitative estimate of drug-likeness (QED) is 0.483. The van der Waals surface area contributed by atoms with Gasteiger partial charge in [0, 0.05) is 19.1 Å². The second kappa shape index (κ2) is 8.40. The number of benzene rings is 1. The highest BCUT2D eigenvalue weighted by atomic mass is 127. The van der Waals surface area contributed by atoms with E-state index in [1.165, 1.54) is 5.56 Å². The van der Waals surface area contributed by atoms with Gasteiger partial charge in [0.2, 0.25) is 0 Å². The zero-order valence-electron chi connectivity index (χ0n) is 12.5. The first kappa shape index (κ1) is 18.2. The highest BCUT2D eigenvalue weighted by Gasteiger charge is 2.12. The van der Waals surface area contributed by atoms with E-state index >= 15 is 0 Å². The van der Waals surface area contributed by atoms with Gasteiger partial charge in [0.05, 0.1) is 0 Å². The zero-order chi connectivity index (χ0) is 13.6. The number of hydrogen-bond donors (Lipinski definition) is 2. The fourth-order valence-corrected chi connectivity index (χ4v) is 1.68. The van der Waals surface area contributed by atoms with Gasteiger partial charge in [-0.05, 0) is 32.3 Å². The van der Waals surface area contributed by atoms with Crippen molar-refractivity contribution in [3.8, 4) is 0 Å². The summed E-state index contributed by atoms with van der Waals surface area (Å²) in [5.41, 5.74) is 1.37. The number of halogens is 1. The SMILES string of the molecule is CN=C(NCC(C)c1ccccc1)NC(C)(C)C.I. The lowest BCUT2D eigenvalue weighted by molar-refractivity contribution is 0.499. The van der Waals surface area contributed by atoms with E-state index in [0.717, 1.165) is 12.5 Å². The molecule has 0 aliphatic heterocycles. The summed E-state index contributed by atoms with van der Waals surface area (Å²) in [4.78, 5) is 4.23. The lowest BCUT2D eigenvalue weighted by Gasteiger charge is -2.24. The smallest absolute Gasteiger partial charge is 0.191 e. The third kappa shape index (κ3) is 7.40. The number of guanidine groups is 1. The molecule has 0 aromatic heterocycles. The molecule has 0 spiro atoms. The van der Waals surface area contributed by atoms with Crippen molar-refractivity contribution in [2.45, 2.75) is 39.2 Å². The lowest BCUT2D eigenvalue weighted by atomic mass is 10.0. The highest BCUT2D eigenvalue weighted by Crippen LogP contribution is 2.12. The van der Waals surface area contributed by atoms with Crippen LogP contribution in [0.15, 0.2) is 35.3 Å². The summed E-state index contributed by atoms with van der Waals surface area (Å²) >= 11 is 0. The Morgan fingerprint density at radius 1 is 1.21 bits per heavy atom. The molecule has 0 saturated carbocycles. The number of hydrogen-bond acceptors (Lipinski definition) is 1. The van der Waals surface area contributed by atoms with E-state index in [4.69, 9.17) is 0 Å². The second-order valence-electron chi connectivity index (χ2n) is 5.64. The molecule has 108 valence electrons. The van der Waals surface area contributed by atoms with Gasteiger partial charge < -0.3 is 10.6 Å². The van der Waals surface area contributed by atoms with Crippen LogP contribution in [-0.2, 0) is 0 Å². The minimum Gasteiger partial charge on any atom is -0.356 e. The Kier molecular flexibility index (Phi) is 8.06. The van der Waals surface area contributed by atoms with Crippen LogP contribution in [0.2, 0.25) is 0 Å². The number of nitrogens with one attached hydrogen (secondary N) is 2. The molecule has 4 heteroatoms. The van der Waals surface area contributed by atoms with Crippen molar-refractivity contribution < 1.29 is 0 Å².